The zero-order valence-electron chi connectivity index (χ0n) is 7.25. The van der Waals surface area contributed by atoms with Crippen molar-refractivity contribution in [3.05, 3.63) is 29.0 Å². The lowest BCUT2D eigenvalue weighted by Gasteiger charge is -2.10. The predicted molar refractivity (Wildman–Crippen MR) is 56.0 cm³/mol. The van der Waals surface area contributed by atoms with Crippen LogP contribution in [0, 0.1) is 0 Å². The Morgan fingerprint density at radius 3 is 3.00 bits per heavy atom. The molecule has 0 amide bonds. The summed E-state index contributed by atoms with van der Waals surface area (Å²) in [6.45, 7) is 2.17. The Labute approximate surface area is 82.5 Å². The van der Waals surface area contributed by atoms with E-state index in [1.165, 1.54) is 0 Å². The largest absolute Gasteiger partial charge is 0.244 e. The molecule has 0 fully saturated rings. The van der Waals surface area contributed by atoms with Gasteiger partial charge in [-0.1, -0.05) is 24.6 Å². The van der Waals surface area contributed by atoms with Crippen molar-refractivity contribution in [1.29, 1.82) is 0 Å². The molecule has 0 saturated heterocycles. The van der Waals surface area contributed by atoms with E-state index in [0.29, 0.717) is 11.1 Å². The third-order valence-electron chi connectivity index (χ3n) is 1.74. The van der Waals surface area contributed by atoms with E-state index in [1.54, 1.807) is 6.20 Å². The molecular weight excluding hydrogens is 190 g/mol. The van der Waals surface area contributed by atoms with E-state index in [0.717, 1.165) is 11.3 Å². The number of hydrogen-bond donors (Lipinski definition) is 0. The van der Waals surface area contributed by atoms with Crippen LogP contribution in [0.15, 0.2) is 18.3 Å². The van der Waals surface area contributed by atoms with Crippen LogP contribution in [0.2, 0.25) is 5.15 Å². The van der Waals surface area contributed by atoms with Crippen LogP contribution < -0.4 is 0 Å². The summed E-state index contributed by atoms with van der Waals surface area (Å²) >= 11 is 7.76. The SMILES string of the molecule is CSC[C@@H](C)c1cccnc1Cl. The summed E-state index contributed by atoms with van der Waals surface area (Å²) in [6, 6.07) is 3.97. The van der Waals surface area contributed by atoms with E-state index in [2.05, 4.69) is 18.2 Å². The zero-order valence-corrected chi connectivity index (χ0v) is 8.82. The topological polar surface area (TPSA) is 12.9 Å². The Morgan fingerprint density at radius 1 is 1.67 bits per heavy atom. The Morgan fingerprint density at radius 2 is 2.42 bits per heavy atom. The summed E-state index contributed by atoms with van der Waals surface area (Å²) < 4.78 is 0. The number of halogens is 1. The molecule has 0 aliphatic carbocycles. The lowest BCUT2D eigenvalue weighted by molar-refractivity contribution is 0.873. The number of rotatable bonds is 3. The number of hydrogen-bond acceptors (Lipinski definition) is 2. The molecule has 1 heterocycles. The van der Waals surface area contributed by atoms with E-state index in [1.807, 2.05) is 23.9 Å². The Bertz CT molecular complexity index is 252. The predicted octanol–water partition coefficient (Wildman–Crippen LogP) is 3.20. The summed E-state index contributed by atoms with van der Waals surface area (Å²) in [5.41, 5.74) is 1.15. The minimum absolute atomic E-state index is 0.487. The summed E-state index contributed by atoms with van der Waals surface area (Å²) in [7, 11) is 0. The Kier molecular flexibility index (Phi) is 3.89. The summed E-state index contributed by atoms with van der Waals surface area (Å²) in [6.07, 6.45) is 3.82. The second kappa shape index (κ2) is 4.73. The second-order valence-corrected chi connectivity index (χ2v) is 4.01. The van der Waals surface area contributed by atoms with Gasteiger partial charge in [0.1, 0.15) is 5.15 Å². The smallest absolute Gasteiger partial charge is 0.132 e. The standard InChI is InChI=1S/C9H12ClNS/c1-7(6-12-2)8-4-3-5-11-9(8)10/h3-5,7H,6H2,1-2H3/t7-/m1/s1. The normalized spacial score (nSPS) is 12.9. The van der Waals surface area contributed by atoms with Crippen molar-refractivity contribution in [3.63, 3.8) is 0 Å². The molecule has 0 aliphatic heterocycles. The van der Waals surface area contributed by atoms with Crippen molar-refractivity contribution in [2.24, 2.45) is 0 Å². The molecule has 1 atom stereocenters. The highest BCUT2D eigenvalue weighted by Gasteiger charge is 2.08. The molecule has 0 spiro atoms. The van der Waals surface area contributed by atoms with E-state index >= 15 is 0 Å². The highest BCUT2D eigenvalue weighted by molar-refractivity contribution is 7.98. The van der Waals surface area contributed by atoms with Gasteiger partial charge in [-0.15, -0.1) is 0 Å². The van der Waals surface area contributed by atoms with E-state index in [9.17, 15) is 0 Å². The minimum Gasteiger partial charge on any atom is -0.244 e. The third-order valence-corrected chi connectivity index (χ3v) is 2.88. The van der Waals surface area contributed by atoms with Crippen molar-refractivity contribution < 1.29 is 0 Å². The van der Waals surface area contributed by atoms with Crippen molar-refractivity contribution in [3.8, 4) is 0 Å². The van der Waals surface area contributed by atoms with Crippen molar-refractivity contribution >= 4 is 23.4 Å². The molecule has 0 aliphatic rings. The van der Waals surface area contributed by atoms with Crippen molar-refractivity contribution in [1.82, 2.24) is 4.98 Å². The molecular formula is C9H12ClNS. The molecule has 66 valence electrons. The fourth-order valence-corrected chi connectivity index (χ4v) is 2.09. The van der Waals surface area contributed by atoms with Crippen LogP contribution in [0.5, 0.6) is 0 Å². The molecule has 0 aromatic carbocycles. The number of nitrogens with zero attached hydrogens (tertiary/aromatic N) is 1. The van der Waals surface area contributed by atoms with Gasteiger partial charge in [0.15, 0.2) is 0 Å². The van der Waals surface area contributed by atoms with Crippen LogP contribution in [0.4, 0.5) is 0 Å². The lowest BCUT2D eigenvalue weighted by Crippen LogP contribution is -1.98. The van der Waals surface area contributed by atoms with Gasteiger partial charge in [-0.3, -0.25) is 0 Å². The molecule has 0 radical (unpaired) electrons. The molecule has 12 heavy (non-hydrogen) atoms. The van der Waals surface area contributed by atoms with Gasteiger partial charge in [0.05, 0.1) is 0 Å². The van der Waals surface area contributed by atoms with Crippen LogP contribution in [0.25, 0.3) is 0 Å². The monoisotopic (exact) mass is 201 g/mol. The van der Waals surface area contributed by atoms with Gasteiger partial charge in [0.25, 0.3) is 0 Å². The fourth-order valence-electron chi connectivity index (χ4n) is 1.11. The second-order valence-electron chi connectivity index (χ2n) is 2.74. The van der Waals surface area contributed by atoms with Crippen LogP contribution in [-0.2, 0) is 0 Å². The maximum absolute atomic E-state index is 5.93. The van der Waals surface area contributed by atoms with Crippen LogP contribution >= 0.6 is 23.4 Å². The van der Waals surface area contributed by atoms with Crippen molar-refractivity contribution in [2.45, 2.75) is 12.8 Å². The zero-order chi connectivity index (χ0) is 8.97. The number of pyridine rings is 1. The first kappa shape index (κ1) is 9.87. The minimum atomic E-state index is 0.487. The lowest BCUT2D eigenvalue weighted by atomic mass is 10.1. The van der Waals surface area contributed by atoms with E-state index < -0.39 is 0 Å². The molecule has 0 bridgehead atoms. The Hall–Kier alpha value is -0.210. The number of thioether (sulfide) groups is 1. The first-order valence-electron chi connectivity index (χ1n) is 3.85. The molecule has 1 rings (SSSR count). The highest BCUT2D eigenvalue weighted by Crippen LogP contribution is 2.24. The van der Waals surface area contributed by atoms with Crippen LogP contribution in [0.3, 0.4) is 0 Å². The average Bonchev–Trinajstić information content (AvgIpc) is 2.05. The number of aromatic nitrogens is 1. The first-order chi connectivity index (χ1) is 5.75. The maximum Gasteiger partial charge on any atom is 0.132 e. The van der Waals surface area contributed by atoms with Gasteiger partial charge < -0.3 is 0 Å². The quantitative estimate of drug-likeness (QED) is 0.697. The first-order valence-corrected chi connectivity index (χ1v) is 5.62. The molecule has 0 saturated carbocycles. The van der Waals surface area contributed by atoms with E-state index in [4.69, 9.17) is 11.6 Å². The van der Waals surface area contributed by atoms with Gasteiger partial charge in [-0.05, 0) is 29.6 Å². The van der Waals surface area contributed by atoms with Gasteiger partial charge in [-0.25, -0.2) is 4.98 Å². The molecule has 0 N–H and O–H groups in total. The summed E-state index contributed by atoms with van der Waals surface area (Å²) in [5, 5.41) is 0.638. The van der Waals surface area contributed by atoms with Gasteiger partial charge in [-0.2, -0.15) is 11.8 Å². The molecule has 1 aromatic heterocycles. The summed E-state index contributed by atoms with van der Waals surface area (Å²) in [4.78, 5) is 4.04. The van der Waals surface area contributed by atoms with Crippen LogP contribution in [0.1, 0.15) is 18.4 Å². The average molecular weight is 202 g/mol. The molecule has 1 nitrogen and oxygen atoms in total. The molecule has 3 heteroatoms. The Balaban J connectivity index is 2.79. The van der Waals surface area contributed by atoms with Crippen molar-refractivity contribution in [2.75, 3.05) is 12.0 Å². The van der Waals surface area contributed by atoms with Gasteiger partial charge in [0, 0.05) is 6.20 Å². The van der Waals surface area contributed by atoms with Gasteiger partial charge in [0.2, 0.25) is 0 Å². The van der Waals surface area contributed by atoms with Gasteiger partial charge >= 0.3 is 0 Å². The fraction of sp³-hybridized carbons (Fsp3) is 0.444. The highest BCUT2D eigenvalue weighted by atomic mass is 35.5. The van der Waals surface area contributed by atoms with Crippen LogP contribution in [-0.4, -0.2) is 17.0 Å². The molecule has 0 unspecified atom stereocenters. The van der Waals surface area contributed by atoms with E-state index in [-0.39, 0.29) is 0 Å². The summed E-state index contributed by atoms with van der Waals surface area (Å²) in [5.74, 6) is 1.58. The molecule has 1 aromatic rings. The third kappa shape index (κ3) is 2.39. The maximum atomic E-state index is 5.93.